The Balaban J connectivity index is 2.27. The number of ether oxygens (including phenoxy) is 1. The van der Waals surface area contributed by atoms with Gasteiger partial charge in [-0.15, -0.1) is 0 Å². The number of carbonyl (C=O) groups excluding carboxylic acids is 2. The van der Waals surface area contributed by atoms with E-state index >= 15 is 0 Å². The molecule has 2 aliphatic carbocycles. The summed E-state index contributed by atoms with van der Waals surface area (Å²) in [6, 6.07) is 0. The molecule has 0 radical (unpaired) electrons. The van der Waals surface area contributed by atoms with Crippen LogP contribution in [0.3, 0.4) is 0 Å². The van der Waals surface area contributed by atoms with Crippen molar-refractivity contribution >= 4 is 27.7 Å². The molecular weight excluding hydrogens is 284 g/mol. The van der Waals surface area contributed by atoms with Crippen molar-refractivity contribution < 1.29 is 14.3 Å². The maximum atomic E-state index is 12.5. The maximum Gasteiger partial charge on any atom is 0.320 e. The van der Waals surface area contributed by atoms with Crippen molar-refractivity contribution in [3.63, 3.8) is 0 Å². The SMILES string of the molecule is COC(=O)C1(CBr)C[C@@H]2CC(C)(C)C[C@@H]2C1=O. The van der Waals surface area contributed by atoms with Crippen LogP contribution in [0.1, 0.15) is 33.1 Å². The van der Waals surface area contributed by atoms with Gasteiger partial charge in [0.15, 0.2) is 5.78 Å². The summed E-state index contributed by atoms with van der Waals surface area (Å²) in [5, 5.41) is 0.388. The minimum absolute atomic E-state index is 0.0571. The predicted octanol–water partition coefficient (Wildman–Crippen LogP) is 2.57. The Bertz CT molecular complexity index is 364. The molecule has 3 atom stereocenters. The van der Waals surface area contributed by atoms with Gasteiger partial charge in [0.05, 0.1) is 7.11 Å². The van der Waals surface area contributed by atoms with E-state index in [9.17, 15) is 9.59 Å². The summed E-state index contributed by atoms with van der Waals surface area (Å²) in [4.78, 5) is 24.4. The molecular formula is C13H19BrO3. The second-order valence-corrected chi connectivity index (χ2v) is 6.78. The molecule has 0 aromatic rings. The quantitative estimate of drug-likeness (QED) is 0.447. The lowest BCUT2D eigenvalue weighted by Gasteiger charge is -2.26. The summed E-state index contributed by atoms with van der Waals surface area (Å²) in [6.07, 6.45) is 2.59. The van der Waals surface area contributed by atoms with Crippen LogP contribution in [-0.2, 0) is 14.3 Å². The Hall–Kier alpha value is -0.380. The van der Waals surface area contributed by atoms with Crippen molar-refractivity contribution in [2.75, 3.05) is 12.4 Å². The number of ketones is 1. The Morgan fingerprint density at radius 3 is 2.53 bits per heavy atom. The normalized spacial score (nSPS) is 39.2. The van der Waals surface area contributed by atoms with Crippen molar-refractivity contribution in [3.05, 3.63) is 0 Å². The lowest BCUT2D eigenvalue weighted by atomic mass is 9.80. The third-order valence-corrected chi connectivity index (χ3v) is 5.34. The number of hydrogen-bond acceptors (Lipinski definition) is 3. The zero-order valence-electron chi connectivity index (χ0n) is 10.6. The largest absolute Gasteiger partial charge is 0.468 e. The molecule has 2 aliphatic rings. The summed E-state index contributed by atoms with van der Waals surface area (Å²) in [6.45, 7) is 4.40. The molecule has 0 amide bonds. The second kappa shape index (κ2) is 4.08. The van der Waals surface area contributed by atoms with Crippen LogP contribution in [0.15, 0.2) is 0 Å². The molecule has 2 saturated carbocycles. The van der Waals surface area contributed by atoms with Gasteiger partial charge in [-0.1, -0.05) is 29.8 Å². The van der Waals surface area contributed by atoms with Crippen molar-refractivity contribution in [2.24, 2.45) is 22.7 Å². The molecule has 0 aromatic carbocycles. The van der Waals surface area contributed by atoms with E-state index in [1.807, 2.05) is 0 Å². The van der Waals surface area contributed by atoms with E-state index in [2.05, 4.69) is 29.8 Å². The van der Waals surface area contributed by atoms with E-state index in [1.165, 1.54) is 7.11 Å². The van der Waals surface area contributed by atoms with Crippen LogP contribution in [0.5, 0.6) is 0 Å². The van der Waals surface area contributed by atoms with Crippen LogP contribution in [-0.4, -0.2) is 24.2 Å². The highest BCUT2D eigenvalue weighted by molar-refractivity contribution is 9.09. The van der Waals surface area contributed by atoms with Crippen LogP contribution in [0.2, 0.25) is 0 Å². The number of esters is 1. The number of methoxy groups -OCH3 is 1. The zero-order valence-corrected chi connectivity index (χ0v) is 12.2. The van der Waals surface area contributed by atoms with Gasteiger partial charge in [0, 0.05) is 11.2 Å². The molecule has 0 heterocycles. The molecule has 96 valence electrons. The van der Waals surface area contributed by atoms with Gasteiger partial charge < -0.3 is 4.74 Å². The molecule has 4 heteroatoms. The first-order chi connectivity index (χ1) is 7.86. The number of rotatable bonds is 2. The number of carbonyl (C=O) groups is 2. The monoisotopic (exact) mass is 302 g/mol. The molecule has 17 heavy (non-hydrogen) atoms. The van der Waals surface area contributed by atoms with E-state index < -0.39 is 5.41 Å². The van der Waals surface area contributed by atoms with E-state index in [4.69, 9.17) is 4.74 Å². The van der Waals surface area contributed by atoms with E-state index in [1.54, 1.807) is 0 Å². The Morgan fingerprint density at radius 1 is 1.41 bits per heavy atom. The van der Waals surface area contributed by atoms with Gasteiger partial charge in [0.1, 0.15) is 5.41 Å². The summed E-state index contributed by atoms with van der Waals surface area (Å²) in [5.74, 6) is 0.138. The van der Waals surface area contributed by atoms with Gasteiger partial charge in [-0.25, -0.2) is 0 Å². The molecule has 3 nitrogen and oxygen atoms in total. The van der Waals surface area contributed by atoms with Crippen molar-refractivity contribution in [1.29, 1.82) is 0 Å². The lowest BCUT2D eigenvalue weighted by Crippen LogP contribution is -2.40. The predicted molar refractivity (Wildman–Crippen MR) is 67.9 cm³/mol. The van der Waals surface area contributed by atoms with Crippen molar-refractivity contribution in [2.45, 2.75) is 33.1 Å². The van der Waals surface area contributed by atoms with Crippen LogP contribution in [0, 0.1) is 22.7 Å². The number of fused-ring (bicyclic) bond motifs is 1. The van der Waals surface area contributed by atoms with Crippen LogP contribution < -0.4 is 0 Å². The minimum atomic E-state index is -0.916. The van der Waals surface area contributed by atoms with Gasteiger partial charge >= 0.3 is 5.97 Å². The Kier molecular flexibility index (Phi) is 3.13. The molecule has 0 aromatic heterocycles. The number of Topliss-reactive ketones (excluding diaryl/α,β-unsaturated/α-hetero) is 1. The molecule has 2 fully saturated rings. The summed E-state index contributed by atoms with van der Waals surface area (Å²) in [5.41, 5.74) is -0.680. The second-order valence-electron chi connectivity index (χ2n) is 6.21. The fourth-order valence-corrected chi connectivity index (χ4v) is 4.41. The van der Waals surface area contributed by atoms with E-state index in [0.717, 1.165) is 12.8 Å². The van der Waals surface area contributed by atoms with Crippen LogP contribution in [0.4, 0.5) is 0 Å². The minimum Gasteiger partial charge on any atom is -0.468 e. The topological polar surface area (TPSA) is 43.4 Å². The summed E-state index contributed by atoms with van der Waals surface area (Å²) in [7, 11) is 1.36. The highest BCUT2D eigenvalue weighted by Gasteiger charge is 2.61. The van der Waals surface area contributed by atoms with Crippen LogP contribution >= 0.6 is 15.9 Å². The average molecular weight is 303 g/mol. The lowest BCUT2D eigenvalue weighted by molar-refractivity contribution is -0.155. The van der Waals surface area contributed by atoms with Gasteiger partial charge in [0.2, 0.25) is 0 Å². The van der Waals surface area contributed by atoms with Gasteiger partial charge in [-0.2, -0.15) is 0 Å². The third-order valence-electron chi connectivity index (χ3n) is 4.38. The zero-order chi connectivity index (χ0) is 12.8. The first kappa shape index (κ1) is 13.1. The standard InChI is InChI=1S/C13H19BrO3/c1-12(2)4-8-5-13(7-14,11(16)17-3)10(15)9(8)6-12/h8-9H,4-7H2,1-3H3/t8-,9-,13?/m0/s1. The molecule has 1 unspecified atom stereocenters. The molecule has 0 aliphatic heterocycles. The smallest absolute Gasteiger partial charge is 0.320 e. The maximum absolute atomic E-state index is 12.5. The summed E-state index contributed by atoms with van der Waals surface area (Å²) < 4.78 is 4.83. The number of halogens is 1. The fraction of sp³-hybridized carbons (Fsp3) is 0.846. The van der Waals surface area contributed by atoms with E-state index in [-0.39, 0.29) is 23.1 Å². The molecule has 0 saturated heterocycles. The van der Waals surface area contributed by atoms with Crippen molar-refractivity contribution in [3.8, 4) is 0 Å². The van der Waals surface area contributed by atoms with Gasteiger partial charge in [-0.3, -0.25) is 9.59 Å². The summed E-state index contributed by atoms with van der Waals surface area (Å²) >= 11 is 3.33. The first-order valence-corrected chi connectivity index (χ1v) is 7.17. The molecule has 2 rings (SSSR count). The molecule has 0 bridgehead atoms. The average Bonchev–Trinajstić information content (AvgIpc) is 2.70. The third kappa shape index (κ3) is 1.85. The van der Waals surface area contributed by atoms with E-state index in [0.29, 0.717) is 17.7 Å². The number of alkyl halides is 1. The fourth-order valence-electron chi connectivity index (χ4n) is 3.68. The first-order valence-electron chi connectivity index (χ1n) is 6.05. The highest BCUT2D eigenvalue weighted by atomic mass is 79.9. The number of hydrogen-bond donors (Lipinski definition) is 0. The Morgan fingerprint density at radius 2 is 2.06 bits per heavy atom. The van der Waals surface area contributed by atoms with Crippen LogP contribution in [0.25, 0.3) is 0 Å². The molecule has 0 N–H and O–H groups in total. The molecule has 0 spiro atoms. The highest BCUT2D eigenvalue weighted by Crippen LogP contribution is 2.57. The Labute approximate surface area is 110 Å². The van der Waals surface area contributed by atoms with Crippen molar-refractivity contribution in [1.82, 2.24) is 0 Å². The van der Waals surface area contributed by atoms with Gasteiger partial charge in [-0.05, 0) is 30.6 Å². The van der Waals surface area contributed by atoms with Gasteiger partial charge in [0.25, 0.3) is 0 Å².